The molecule has 0 radical (unpaired) electrons. The van der Waals surface area contributed by atoms with Crippen LogP contribution in [0.4, 0.5) is 19.3 Å². The van der Waals surface area contributed by atoms with Crippen LogP contribution in [0.5, 0.6) is 5.75 Å². The Morgan fingerprint density at radius 2 is 1.93 bits per heavy atom. The van der Waals surface area contributed by atoms with Crippen LogP contribution in [0.1, 0.15) is 11.7 Å². The molecule has 27 heavy (non-hydrogen) atoms. The molecule has 2 amide bonds. The van der Waals surface area contributed by atoms with E-state index in [1.165, 1.54) is 14.2 Å². The van der Waals surface area contributed by atoms with Gasteiger partial charge in [0, 0.05) is 23.8 Å². The minimum absolute atomic E-state index is 0.151. The number of alkyl halides is 2. The highest BCUT2D eigenvalue weighted by molar-refractivity contribution is 6.30. The highest BCUT2D eigenvalue weighted by Gasteiger charge is 2.18. The Bertz CT molecular complexity index is 746. The summed E-state index contributed by atoms with van der Waals surface area (Å²) in [5, 5.41) is 4.11. The first kappa shape index (κ1) is 20.9. The molecular weight excluding hydrogens is 382 g/mol. The van der Waals surface area contributed by atoms with E-state index in [9.17, 15) is 13.6 Å². The van der Waals surface area contributed by atoms with Crippen molar-refractivity contribution in [3.05, 3.63) is 59.1 Å². The average molecular weight is 401 g/mol. The van der Waals surface area contributed by atoms with Crippen molar-refractivity contribution in [3.63, 3.8) is 0 Å². The number of carbonyl (C=O) groups is 1. The van der Waals surface area contributed by atoms with Crippen LogP contribution >= 0.6 is 11.6 Å². The SMILES string of the molecule is CON(C)C(=O)Nc1cccc(OCC(OC(F)F)c2ccc(Cl)cc2)c1. The molecule has 0 aliphatic rings. The van der Waals surface area contributed by atoms with Gasteiger partial charge in [0.05, 0.1) is 7.11 Å². The monoisotopic (exact) mass is 400 g/mol. The molecule has 0 aromatic heterocycles. The first-order valence-corrected chi connectivity index (χ1v) is 8.27. The number of hydrogen-bond acceptors (Lipinski definition) is 4. The van der Waals surface area contributed by atoms with Gasteiger partial charge in [-0.15, -0.1) is 0 Å². The van der Waals surface area contributed by atoms with Gasteiger partial charge >= 0.3 is 12.6 Å². The number of nitrogens with zero attached hydrogens (tertiary/aromatic N) is 1. The molecule has 1 atom stereocenters. The number of nitrogens with one attached hydrogen (secondary N) is 1. The standard InChI is InChI=1S/C18H19ClF2N2O4/c1-23(25-2)18(24)22-14-4-3-5-15(10-14)26-11-16(27-17(20)21)12-6-8-13(19)9-7-12/h3-10,16-17H,11H2,1-2H3,(H,22,24). The van der Waals surface area contributed by atoms with E-state index in [1.807, 2.05) is 0 Å². The zero-order valence-electron chi connectivity index (χ0n) is 14.7. The normalized spacial score (nSPS) is 11.9. The summed E-state index contributed by atoms with van der Waals surface area (Å²) in [7, 11) is 2.81. The number of hydrogen-bond donors (Lipinski definition) is 1. The lowest BCUT2D eigenvalue weighted by Crippen LogP contribution is -2.30. The van der Waals surface area contributed by atoms with Gasteiger partial charge in [0.1, 0.15) is 18.5 Å². The summed E-state index contributed by atoms with van der Waals surface area (Å²) in [6.07, 6.45) is -0.986. The van der Waals surface area contributed by atoms with Crippen molar-refractivity contribution in [2.24, 2.45) is 0 Å². The van der Waals surface area contributed by atoms with E-state index in [4.69, 9.17) is 21.2 Å². The second-order valence-corrected chi connectivity index (χ2v) is 5.82. The zero-order valence-corrected chi connectivity index (χ0v) is 15.5. The van der Waals surface area contributed by atoms with Crippen molar-refractivity contribution in [1.29, 1.82) is 0 Å². The molecule has 0 aliphatic heterocycles. The highest BCUT2D eigenvalue weighted by atomic mass is 35.5. The fourth-order valence-electron chi connectivity index (χ4n) is 2.14. The molecule has 0 aliphatic carbocycles. The van der Waals surface area contributed by atoms with Crippen LogP contribution in [0.2, 0.25) is 5.02 Å². The summed E-state index contributed by atoms with van der Waals surface area (Å²) >= 11 is 5.82. The van der Waals surface area contributed by atoms with Crippen LogP contribution in [0.25, 0.3) is 0 Å². The van der Waals surface area contributed by atoms with Crippen LogP contribution in [-0.4, -0.2) is 38.5 Å². The Kier molecular flexibility index (Phi) is 7.78. The smallest absolute Gasteiger partial charge is 0.346 e. The molecular formula is C18H19ClF2N2O4. The first-order valence-electron chi connectivity index (χ1n) is 7.90. The molecule has 0 saturated carbocycles. The first-order chi connectivity index (χ1) is 12.9. The van der Waals surface area contributed by atoms with E-state index >= 15 is 0 Å². The second kappa shape index (κ2) is 10.1. The molecule has 0 spiro atoms. The summed E-state index contributed by atoms with van der Waals surface area (Å²) in [4.78, 5) is 16.6. The number of carbonyl (C=O) groups excluding carboxylic acids is 1. The molecule has 0 saturated heterocycles. The third-order valence-electron chi connectivity index (χ3n) is 3.56. The fourth-order valence-corrected chi connectivity index (χ4v) is 2.26. The van der Waals surface area contributed by atoms with E-state index in [-0.39, 0.29) is 6.61 Å². The summed E-state index contributed by atoms with van der Waals surface area (Å²) < 4.78 is 35.7. The summed E-state index contributed by atoms with van der Waals surface area (Å²) in [5.74, 6) is 0.379. The van der Waals surface area contributed by atoms with Crippen molar-refractivity contribution in [3.8, 4) is 5.75 Å². The van der Waals surface area contributed by atoms with E-state index in [0.29, 0.717) is 22.0 Å². The molecule has 9 heteroatoms. The summed E-state index contributed by atoms with van der Waals surface area (Å²) in [6, 6.07) is 12.4. The lowest BCUT2D eigenvalue weighted by molar-refractivity contribution is -0.172. The largest absolute Gasteiger partial charge is 0.490 e. The van der Waals surface area contributed by atoms with Gasteiger partial charge in [-0.05, 0) is 29.8 Å². The fraction of sp³-hybridized carbons (Fsp3) is 0.278. The van der Waals surface area contributed by atoms with Gasteiger partial charge in [0.25, 0.3) is 0 Å². The average Bonchev–Trinajstić information content (AvgIpc) is 2.65. The van der Waals surface area contributed by atoms with Crippen LogP contribution in [0.15, 0.2) is 48.5 Å². The van der Waals surface area contributed by atoms with Crippen LogP contribution < -0.4 is 10.1 Å². The van der Waals surface area contributed by atoms with Gasteiger partial charge < -0.3 is 14.8 Å². The maximum atomic E-state index is 12.7. The van der Waals surface area contributed by atoms with Gasteiger partial charge in [-0.25, -0.2) is 9.86 Å². The molecule has 0 bridgehead atoms. The Morgan fingerprint density at radius 1 is 1.22 bits per heavy atom. The van der Waals surface area contributed by atoms with E-state index in [1.54, 1.807) is 48.5 Å². The summed E-state index contributed by atoms with van der Waals surface area (Å²) in [5.41, 5.74) is 0.963. The number of anilines is 1. The molecule has 1 unspecified atom stereocenters. The lowest BCUT2D eigenvalue weighted by Gasteiger charge is -2.19. The molecule has 146 valence electrons. The van der Waals surface area contributed by atoms with E-state index in [2.05, 4.69) is 10.1 Å². The quantitative estimate of drug-likeness (QED) is 0.651. The van der Waals surface area contributed by atoms with Crippen molar-refractivity contribution in [2.75, 3.05) is 26.1 Å². The zero-order chi connectivity index (χ0) is 19.8. The number of amides is 2. The number of rotatable bonds is 8. The summed E-state index contributed by atoms with van der Waals surface area (Å²) in [6.45, 7) is -3.11. The van der Waals surface area contributed by atoms with Crippen molar-refractivity contribution < 1.29 is 27.9 Å². The maximum absolute atomic E-state index is 12.7. The van der Waals surface area contributed by atoms with Gasteiger partial charge in [-0.2, -0.15) is 8.78 Å². The Morgan fingerprint density at radius 3 is 2.56 bits per heavy atom. The van der Waals surface area contributed by atoms with Crippen molar-refractivity contribution in [2.45, 2.75) is 12.7 Å². The van der Waals surface area contributed by atoms with Gasteiger partial charge in [0.15, 0.2) is 0 Å². The van der Waals surface area contributed by atoms with Gasteiger partial charge in [-0.3, -0.25) is 4.84 Å². The van der Waals surface area contributed by atoms with Crippen LogP contribution in [0, 0.1) is 0 Å². The Balaban J connectivity index is 2.04. The van der Waals surface area contributed by atoms with E-state index < -0.39 is 18.7 Å². The topological polar surface area (TPSA) is 60.0 Å². The molecule has 1 N–H and O–H groups in total. The van der Waals surface area contributed by atoms with Crippen molar-refractivity contribution in [1.82, 2.24) is 5.06 Å². The third-order valence-corrected chi connectivity index (χ3v) is 3.81. The molecule has 6 nitrogen and oxygen atoms in total. The second-order valence-electron chi connectivity index (χ2n) is 5.39. The number of ether oxygens (including phenoxy) is 2. The molecule has 0 fully saturated rings. The minimum atomic E-state index is -2.95. The number of urea groups is 1. The molecule has 2 aromatic rings. The highest BCUT2D eigenvalue weighted by Crippen LogP contribution is 2.25. The minimum Gasteiger partial charge on any atom is -0.490 e. The van der Waals surface area contributed by atoms with E-state index in [0.717, 1.165) is 5.06 Å². The maximum Gasteiger partial charge on any atom is 0.346 e. The Labute approximate surface area is 160 Å². The number of benzene rings is 2. The Hall–Kier alpha value is -2.42. The van der Waals surface area contributed by atoms with Crippen molar-refractivity contribution >= 4 is 23.3 Å². The third kappa shape index (κ3) is 6.67. The predicted molar refractivity (Wildman–Crippen MR) is 97.0 cm³/mol. The van der Waals surface area contributed by atoms with Crippen LogP contribution in [-0.2, 0) is 9.57 Å². The predicted octanol–water partition coefficient (Wildman–Crippen LogP) is 4.72. The molecule has 0 heterocycles. The molecule has 2 rings (SSSR count). The number of hydroxylamine groups is 2. The lowest BCUT2D eigenvalue weighted by atomic mass is 10.1. The van der Waals surface area contributed by atoms with Gasteiger partial charge in [0.2, 0.25) is 0 Å². The van der Waals surface area contributed by atoms with Crippen LogP contribution in [0.3, 0.4) is 0 Å². The molecule has 2 aromatic carbocycles. The van der Waals surface area contributed by atoms with Gasteiger partial charge in [-0.1, -0.05) is 29.8 Å². The number of halogens is 3.